The topological polar surface area (TPSA) is 88.0 Å². The number of aliphatic imine (C=N–C) groups is 1. The van der Waals surface area contributed by atoms with Crippen molar-refractivity contribution in [2.75, 3.05) is 16.6 Å². The van der Waals surface area contributed by atoms with Gasteiger partial charge in [-0.3, -0.25) is 4.90 Å². The number of hydrogen-bond acceptors (Lipinski definition) is 9. The molecule has 1 aromatic heterocycles. The highest BCUT2D eigenvalue weighted by molar-refractivity contribution is 6.23. The van der Waals surface area contributed by atoms with Crippen LogP contribution in [0.5, 0.6) is 0 Å². The molecule has 0 spiro atoms. The first-order chi connectivity index (χ1) is 15.6. The molecule has 158 valence electrons. The smallest absolute Gasteiger partial charge is 0.287 e. The molecule has 0 saturated carbocycles. The van der Waals surface area contributed by atoms with Gasteiger partial charge in [0.2, 0.25) is 0 Å². The molecule has 3 aliphatic rings. The highest BCUT2D eigenvalue weighted by atomic mass is 35.5. The number of para-hydroxylation sites is 1. The molecular formula is C20H11ClF2N8O. The zero-order chi connectivity index (χ0) is 22.0. The summed E-state index contributed by atoms with van der Waals surface area (Å²) in [4.78, 5) is 12.0. The van der Waals surface area contributed by atoms with E-state index in [-0.39, 0.29) is 24.1 Å². The van der Waals surface area contributed by atoms with Crippen molar-refractivity contribution in [1.29, 1.82) is 5.26 Å². The first-order valence-corrected chi connectivity index (χ1v) is 9.84. The van der Waals surface area contributed by atoms with Crippen molar-refractivity contribution < 1.29 is 13.3 Å². The third-order valence-electron chi connectivity index (χ3n) is 5.29. The van der Waals surface area contributed by atoms with Crippen LogP contribution in [0.25, 0.3) is 11.5 Å². The number of hydrogen-bond donors (Lipinski definition) is 0. The van der Waals surface area contributed by atoms with Gasteiger partial charge in [0, 0.05) is 11.6 Å². The maximum atomic E-state index is 14.2. The van der Waals surface area contributed by atoms with Crippen LogP contribution < -0.4 is 9.91 Å². The Hall–Kier alpha value is -4.17. The summed E-state index contributed by atoms with van der Waals surface area (Å²) in [5.74, 6) is -0.322. The normalized spacial score (nSPS) is 18.8. The van der Waals surface area contributed by atoms with Crippen LogP contribution in [0.2, 0.25) is 0 Å². The third-order valence-corrected chi connectivity index (χ3v) is 5.69. The fourth-order valence-corrected chi connectivity index (χ4v) is 4.19. The van der Waals surface area contributed by atoms with Gasteiger partial charge in [-0.05, 0) is 29.4 Å². The predicted molar refractivity (Wildman–Crippen MR) is 109 cm³/mol. The van der Waals surface area contributed by atoms with Gasteiger partial charge < -0.3 is 4.52 Å². The molecule has 32 heavy (non-hydrogen) atoms. The number of anilines is 2. The second-order valence-electron chi connectivity index (χ2n) is 7.05. The zero-order valence-corrected chi connectivity index (χ0v) is 16.8. The van der Waals surface area contributed by atoms with Crippen molar-refractivity contribution >= 4 is 29.1 Å². The molecule has 3 aliphatic heterocycles. The zero-order valence-electron chi connectivity index (χ0n) is 16.0. The first kappa shape index (κ1) is 18.6. The van der Waals surface area contributed by atoms with E-state index >= 15 is 0 Å². The fraction of sp³-hybridized carbons (Fsp3) is 0.100. The summed E-state index contributed by atoms with van der Waals surface area (Å²) in [5.41, 5.74) is 0.823. The summed E-state index contributed by atoms with van der Waals surface area (Å²) < 4.78 is 32.7. The Morgan fingerprint density at radius 3 is 2.81 bits per heavy atom. The fourth-order valence-electron chi connectivity index (χ4n) is 3.88. The van der Waals surface area contributed by atoms with Crippen LogP contribution in [0.3, 0.4) is 0 Å². The summed E-state index contributed by atoms with van der Waals surface area (Å²) in [7, 11) is 0. The molecule has 0 fully saturated rings. The van der Waals surface area contributed by atoms with E-state index in [4.69, 9.17) is 16.1 Å². The molecular weight excluding hydrogens is 442 g/mol. The quantitative estimate of drug-likeness (QED) is 0.332. The first-order valence-electron chi connectivity index (χ1n) is 9.40. The number of rotatable bonds is 2. The summed E-state index contributed by atoms with van der Waals surface area (Å²) in [6.45, 7) is 0.152. The highest BCUT2D eigenvalue weighted by Crippen LogP contribution is 2.43. The maximum Gasteiger partial charge on any atom is 0.287 e. The third kappa shape index (κ3) is 2.50. The van der Waals surface area contributed by atoms with Gasteiger partial charge in [0.25, 0.3) is 11.8 Å². The number of halogens is 3. The van der Waals surface area contributed by atoms with Gasteiger partial charge in [0.15, 0.2) is 23.5 Å². The van der Waals surface area contributed by atoms with Gasteiger partial charge in [-0.15, -0.1) is 0 Å². The molecule has 0 N–H and O–H groups in total. The molecule has 3 aromatic rings. The lowest BCUT2D eigenvalue weighted by molar-refractivity contribution is 0.410. The Balaban J connectivity index is 1.43. The molecule has 0 bridgehead atoms. The lowest BCUT2D eigenvalue weighted by Gasteiger charge is -2.40. The highest BCUT2D eigenvalue weighted by Gasteiger charge is 2.47. The van der Waals surface area contributed by atoms with Gasteiger partial charge in [-0.25, -0.2) is 28.7 Å². The van der Waals surface area contributed by atoms with Gasteiger partial charge in [0.05, 0.1) is 17.5 Å². The number of nitriles is 1. The van der Waals surface area contributed by atoms with E-state index in [0.29, 0.717) is 11.7 Å². The Bertz CT molecular complexity index is 1370. The number of hydrazine groups is 1. The van der Waals surface area contributed by atoms with Crippen molar-refractivity contribution in [3.63, 3.8) is 0 Å². The second-order valence-corrected chi connectivity index (χ2v) is 7.44. The van der Waals surface area contributed by atoms with Crippen LogP contribution in [-0.4, -0.2) is 38.2 Å². The Labute approximate surface area is 184 Å². The monoisotopic (exact) mass is 452 g/mol. The summed E-state index contributed by atoms with van der Waals surface area (Å²) in [5, 5.41) is 16.8. The lowest BCUT2D eigenvalue weighted by Crippen LogP contribution is -2.50. The van der Waals surface area contributed by atoms with E-state index < -0.39 is 17.3 Å². The standard InChI is InChI=1S/C20H11ClF2N8O/c21-19-28(9-24)8-16-30(19)15-4-2-1-3-13(15)17-25-10-29(31(16)17)20-26-18(32-27-20)12-6-5-11(22)7-14(12)23/h1-8,19H,10H2. The molecule has 1 atom stereocenters. The minimum Gasteiger partial charge on any atom is -0.332 e. The molecule has 0 saturated heterocycles. The van der Waals surface area contributed by atoms with E-state index in [1.54, 1.807) is 21.1 Å². The molecule has 0 radical (unpaired) electrons. The minimum absolute atomic E-state index is 0.0207. The average Bonchev–Trinajstić information content (AvgIpc) is 3.50. The summed E-state index contributed by atoms with van der Waals surface area (Å²) in [6.07, 6.45) is 3.65. The maximum absolute atomic E-state index is 14.2. The molecule has 9 nitrogen and oxygen atoms in total. The second kappa shape index (κ2) is 6.66. The number of benzene rings is 2. The van der Waals surface area contributed by atoms with Crippen LogP contribution in [-0.2, 0) is 0 Å². The van der Waals surface area contributed by atoms with Gasteiger partial charge in [-0.2, -0.15) is 10.2 Å². The number of amidine groups is 1. The Morgan fingerprint density at radius 1 is 1.16 bits per heavy atom. The molecule has 1 unspecified atom stereocenters. The number of nitrogens with zero attached hydrogens (tertiary/aromatic N) is 8. The van der Waals surface area contributed by atoms with Crippen LogP contribution >= 0.6 is 11.6 Å². The molecule has 0 aliphatic carbocycles. The molecule has 4 heterocycles. The van der Waals surface area contributed by atoms with Crippen molar-refractivity contribution in [2.45, 2.75) is 5.62 Å². The van der Waals surface area contributed by atoms with Gasteiger partial charge in [-0.1, -0.05) is 23.7 Å². The number of fused-ring (bicyclic) bond motifs is 6. The van der Waals surface area contributed by atoms with Crippen molar-refractivity contribution in [3.8, 4) is 17.6 Å². The van der Waals surface area contributed by atoms with E-state index in [9.17, 15) is 14.0 Å². The van der Waals surface area contributed by atoms with Gasteiger partial charge >= 0.3 is 0 Å². The molecule has 2 aromatic carbocycles. The Kier molecular flexibility index (Phi) is 3.87. The minimum atomic E-state index is -0.815. The van der Waals surface area contributed by atoms with E-state index in [2.05, 4.69) is 15.1 Å². The molecule has 6 rings (SSSR count). The van der Waals surface area contributed by atoms with Crippen LogP contribution in [0.1, 0.15) is 5.56 Å². The van der Waals surface area contributed by atoms with Crippen molar-refractivity contribution in [1.82, 2.24) is 20.0 Å². The van der Waals surface area contributed by atoms with Gasteiger partial charge in [0.1, 0.15) is 18.3 Å². The molecule has 0 amide bonds. The number of alkyl halides is 1. The Morgan fingerprint density at radius 2 is 2.00 bits per heavy atom. The summed E-state index contributed by atoms with van der Waals surface area (Å²) in [6, 6.07) is 10.6. The van der Waals surface area contributed by atoms with Crippen LogP contribution in [0.15, 0.2) is 64.0 Å². The van der Waals surface area contributed by atoms with E-state index in [1.807, 2.05) is 30.5 Å². The van der Waals surface area contributed by atoms with E-state index in [0.717, 1.165) is 23.4 Å². The molecule has 12 heteroatoms. The summed E-state index contributed by atoms with van der Waals surface area (Å²) >= 11 is 6.55. The largest absolute Gasteiger partial charge is 0.332 e. The van der Waals surface area contributed by atoms with Crippen molar-refractivity contribution in [3.05, 3.63) is 71.7 Å². The SMILES string of the molecule is N#CN1C=C2N(c3ccccc3C3=NCN(c4noc(-c5ccc(F)cc5F)n4)N23)C1Cl. The number of aromatic nitrogens is 2. The van der Waals surface area contributed by atoms with E-state index in [1.165, 1.54) is 11.0 Å². The average molecular weight is 453 g/mol. The van der Waals surface area contributed by atoms with Crippen LogP contribution in [0, 0.1) is 23.1 Å². The van der Waals surface area contributed by atoms with Crippen LogP contribution in [0.4, 0.5) is 20.4 Å². The van der Waals surface area contributed by atoms with Crippen molar-refractivity contribution in [2.24, 2.45) is 4.99 Å². The predicted octanol–water partition coefficient (Wildman–Crippen LogP) is 3.39. The lowest BCUT2D eigenvalue weighted by atomic mass is 10.1.